The van der Waals surface area contributed by atoms with Crippen LogP contribution in [0.5, 0.6) is 0 Å². The molecule has 90 valence electrons. The molecule has 0 amide bonds. The van der Waals surface area contributed by atoms with E-state index in [-0.39, 0.29) is 0 Å². The molecule has 0 aliphatic rings. The molecular weight excluding hydrogens is 224 g/mol. The molecule has 0 unspecified atom stereocenters. The van der Waals surface area contributed by atoms with Crippen molar-refractivity contribution < 1.29 is 4.42 Å². The zero-order chi connectivity index (χ0) is 12.7. The number of hydrogen-bond acceptors (Lipinski definition) is 3. The lowest BCUT2D eigenvalue weighted by molar-refractivity contribution is 0.561. The summed E-state index contributed by atoms with van der Waals surface area (Å²) in [7, 11) is 0. The number of nitrogens with zero attached hydrogens (tertiary/aromatic N) is 1. The van der Waals surface area contributed by atoms with Crippen LogP contribution < -0.4 is 5.73 Å². The van der Waals surface area contributed by atoms with Gasteiger partial charge in [0.25, 0.3) is 0 Å². The minimum atomic E-state index is 0.693. The molecule has 3 nitrogen and oxygen atoms in total. The van der Waals surface area contributed by atoms with Gasteiger partial charge in [0.1, 0.15) is 5.52 Å². The van der Waals surface area contributed by atoms with Crippen LogP contribution >= 0.6 is 0 Å². The quantitative estimate of drug-likeness (QED) is 0.658. The lowest BCUT2D eigenvalue weighted by atomic mass is 10.00. The summed E-state index contributed by atoms with van der Waals surface area (Å²) >= 11 is 0. The Kier molecular flexibility index (Phi) is 2.33. The van der Waals surface area contributed by atoms with E-state index >= 15 is 0 Å². The van der Waals surface area contributed by atoms with Crippen molar-refractivity contribution in [2.75, 3.05) is 5.73 Å². The maximum atomic E-state index is 5.71. The molecule has 3 aromatic rings. The van der Waals surface area contributed by atoms with Crippen LogP contribution in [-0.2, 0) is 0 Å². The summed E-state index contributed by atoms with van der Waals surface area (Å²) in [6.45, 7) is 3.94. The number of nitrogen functional groups attached to an aromatic ring is 1. The van der Waals surface area contributed by atoms with E-state index < -0.39 is 0 Å². The van der Waals surface area contributed by atoms with Gasteiger partial charge in [-0.2, -0.15) is 0 Å². The molecule has 0 radical (unpaired) electrons. The highest BCUT2D eigenvalue weighted by atomic mass is 16.3. The fourth-order valence-electron chi connectivity index (χ4n) is 2.17. The normalized spacial score (nSPS) is 11.0. The standard InChI is InChI=1S/C15H14N2O/c1-9-7-14-15(18-10(2)17-14)8-13(9)11-3-5-12(16)6-4-11/h3-8H,16H2,1-2H3. The first-order chi connectivity index (χ1) is 8.63. The second-order valence-electron chi connectivity index (χ2n) is 4.49. The predicted octanol–water partition coefficient (Wildman–Crippen LogP) is 3.69. The molecule has 0 spiro atoms. The highest BCUT2D eigenvalue weighted by Gasteiger charge is 2.08. The number of aryl methyl sites for hydroxylation is 2. The first kappa shape index (κ1) is 10.8. The van der Waals surface area contributed by atoms with Crippen LogP contribution in [0.3, 0.4) is 0 Å². The van der Waals surface area contributed by atoms with Crippen LogP contribution in [0.15, 0.2) is 40.8 Å². The molecule has 0 atom stereocenters. The van der Waals surface area contributed by atoms with Gasteiger partial charge in [-0.1, -0.05) is 12.1 Å². The van der Waals surface area contributed by atoms with Crippen LogP contribution in [-0.4, -0.2) is 4.98 Å². The Morgan fingerprint density at radius 1 is 1.06 bits per heavy atom. The first-order valence-electron chi connectivity index (χ1n) is 5.87. The van der Waals surface area contributed by atoms with Gasteiger partial charge in [-0.3, -0.25) is 0 Å². The van der Waals surface area contributed by atoms with Crippen LogP contribution in [0.4, 0.5) is 5.69 Å². The lowest BCUT2D eigenvalue weighted by Gasteiger charge is -2.06. The Balaban J connectivity index is 2.21. The summed E-state index contributed by atoms with van der Waals surface area (Å²) in [5.74, 6) is 0.693. The van der Waals surface area contributed by atoms with Crippen molar-refractivity contribution in [1.82, 2.24) is 4.98 Å². The Bertz CT molecular complexity index is 711. The monoisotopic (exact) mass is 238 g/mol. The minimum Gasteiger partial charge on any atom is -0.441 e. The number of hydrogen-bond donors (Lipinski definition) is 1. The SMILES string of the molecule is Cc1nc2cc(C)c(-c3ccc(N)cc3)cc2o1. The summed E-state index contributed by atoms with van der Waals surface area (Å²) in [4.78, 5) is 4.34. The summed E-state index contributed by atoms with van der Waals surface area (Å²) in [5, 5.41) is 0. The number of aromatic nitrogens is 1. The van der Waals surface area contributed by atoms with Gasteiger partial charge in [0.15, 0.2) is 11.5 Å². The van der Waals surface area contributed by atoms with Crippen molar-refractivity contribution >= 4 is 16.8 Å². The summed E-state index contributed by atoms with van der Waals surface area (Å²) in [6.07, 6.45) is 0. The maximum Gasteiger partial charge on any atom is 0.192 e. The molecule has 0 saturated carbocycles. The van der Waals surface area contributed by atoms with Gasteiger partial charge in [-0.15, -0.1) is 0 Å². The zero-order valence-electron chi connectivity index (χ0n) is 10.4. The molecule has 2 N–H and O–H groups in total. The fourth-order valence-corrected chi connectivity index (χ4v) is 2.17. The fraction of sp³-hybridized carbons (Fsp3) is 0.133. The average molecular weight is 238 g/mol. The molecule has 0 saturated heterocycles. The first-order valence-corrected chi connectivity index (χ1v) is 5.87. The molecular formula is C15H14N2O. The number of benzene rings is 2. The summed E-state index contributed by atoms with van der Waals surface area (Å²) in [6, 6.07) is 11.9. The molecule has 0 aliphatic carbocycles. The van der Waals surface area contributed by atoms with Crippen molar-refractivity contribution in [2.45, 2.75) is 13.8 Å². The van der Waals surface area contributed by atoms with E-state index in [1.54, 1.807) is 0 Å². The van der Waals surface area contributed by atoms with Crippen molar-refractivity contribution in [3.05, 3.63) is 47.9 Å². The van der Waals surface area contributed by atoms with Crippen molar-refractivity contribution in [3.63, 3.8) is 0 Å². The highest BCUT2D eigenvalue weighted by Crippen LogP contribution is 2.29. The van der Waals surface area contributed by atoms with Crippen molar-refractivity contribution in [1.29, 1.82) is 0 Å². The van der Waals surface area contributed by atoms with E-state index in [4.69, 9.17) is 10.2 Å². The molecule has 1 heterocycles. The third-order valence-corrected chi connectivity index (χ3v) is 3.06. The van der Waals surface area contributed by atoms with Crippen molar-refractivity contribution in [3.8, 4) is 11.1 Å². The van der Waals surface area contributed by atoms with E-state index in [1.165, 1.54) is 5.56 Å². The lowest BCUT2D eigenvalue weighted by Crippen LogP contribution is -1.86. The highest BCUT2D eigenvalue weighted by molar-refractivity contribution is 5.83. The molecule has 0 fully saturated rings. The minimum absolute atomic E-state index is 0.693. The van der Waals surface area contributed by atoms with Crippen LogP contribution in [0.1, 0.15) is 11.5 Å². The van der Waals surface area contributed by atoms with Gasteiger partial charge < -0.3 is 10.2 Å². The van der Waals surface area contributed by atoms with Gasteiger partial charge >= 0.3 is 0 Å². The Morgan fingerprint density at radius 2 is 1.78 bits per heavy atom. The van der Waals surface area contributed by atoms with Crippen molar-refractivity contribution in [2.24, 2.45) is 0 Å². The second kappa shape index (κ2) is 3.88. The second-order valence-corrected chi connectivity index (χ2v) is 4.49. The Morgan fingerprint density at radius 3 is 2.50 bits per heavy atom. The molecule has 0 bridgehead atoms. The number of rotatable bonds is 1. The number of nitrogens with two attached hydrogens (primary N) is 1. The van der Waals surface area contributed by atoms with Gasteiger partial charge in [-0.25, -0.2) is 4.98 Å². The van der Waals surface area contributed by atoms with Gasteiger partial charge in [0.05, 0.1) is 0 Å². The Labute approximate surface area is 105 Å². The van der Waals surface area contributed by atoms with E-state index in [0.717, 1.165) is 27.9 Å². The van der Waals surface area contributed by atoms with E-state index in [9.17, 15) is 0 Å². The molecule has 1 aromatic heterocycles. The largest absolute Gasteiger partial charge is 0.441 e. The average Bonchev–Trinajstić information content (AvgIpc) is 2.68. The molecule has 3 heteroatoms. The van der Waals surface area contributed by atoms with Crippen LogP contribution in [0.2, 0.25) is 0 Å². The zero-order valence-corrected chi connectivity index (χ0v) is 10.4. The third kappa shape index (κ3) is 1.74. The van der Waals surface area contributed by atoms with E-state index in [1.807, 2.05) is 37.3 Å². The molecule has 3 rings (SSSR count). The third-order valence-electron chi connectivity index (χ3n) is 3.06. The Hall–Kier alpha value is -2.29. The van der Waals surface area contributed by atoms with E-state index in [2.05, 4.69) is 18.0 Å². The molecule has 18 heavy (non-hydrogen) atoms. The van der Waals surface area contributed by atoms with Gasteiger partial charge in [0.2, 0.25) is 0 Å². The topological polar surface area (TPSA) is 52.0 Å². The molecule has 2 aromatic carbocycles. The van der Waals surface area contributed by atoms with Gasteiger partial charge in [-0.05, 0) is 47.9 Å². The number of anilines is 1. The summed E-state index contributed by atoms with van der Waals surface area (Å²) < 4.78 is 5.57. The number of fused-ring (bicyclic) bond motifs is 1. The van der Waals surface area contributed by atoms with Crippen LogP contribution in [0.25, 0.3) is 22.2 Å². The smallest absolute Gasteiger partial charge is 0.192 e. The van der Waals surface area contributed by atoms with Gasteiger partial charge in [0, 0.05) is 12.6 Å². The molecule has 0 aliphatic heterocycles. The van der Waals surface area contributed by atoms with Crippen LogP contribution in [0, 0.1) is 13.8 Å². The predicted molar refractivity (Wildman–Crippen MR) is 73.3 cm³/mol. The summed E-state index contributed by atoms with van der Waals surface area (Å²) in [5.41, 5.74) is 11.7. The van der Waals surface area contributed by atoms with E-state index in [0.29, 0.717) is 5.89 Å². The number of oxazole rings is 1. The maximum absolute atomic E-state index is 5.71.